The van der Waals surface area contributed by atoms with E-state index in [4.69, 9.17) is 19.9 Å². The highest BCUT2D eigenvalue weighted by molar-refractivity contribution is 6.06. The van der Waals surface area contributed by atoms with Gasteiger partial charge in [0.15, 0.2) is 0 Å². The summed E-state index contributed by atoms with van der Waals surface area (Å²) in [5, 5.41) is 5.12. The van der Waals surface area contributed by atoms with Gasteiger partial charge in [-0.05, 0) is 72.6 Å². The first kappa shape index (κ1) is 24.6. The van der Waals surface area contributed by atoms with Gasteiger partial charge in [0.1, 0.15) is 18.1 Å². The van der Waals surface area contributed by atoms with E-state index in [-0.39, 0.29) is 12.0 Å². The smallest absolute Gasteiger partial charge is 0.337 e. The van der Waals surface area contributed by atoms with Crippen molar-refractivity contribution in [1.82, 2.24) is 0 Å². The Hall–Kier alpha value is -4.52. The second kappa shape index (κ2) is 10.8. The maximum Gasteiger partial charge on any atom is 0.337 e. The third kappa shape index (κ3) is 5.75. The van der Waals surface area contributed by atoms with Crippen LogP contribution in [0.25, 0.3) is 10.8 Å². The van der Waals surface area contributed by atoms with E-state index in [0.717, 1.165) is 16.3 Å². The van der Waals surface area contributed by atoms with E-state index < -0.39 is 5.97 Å². The van der Waals surface area contributed by atoms with Crippen molar-refractivity contribution in [3.05, 3.63) is 95.6 Å². The summed E-state index contributed by atoms with van der Waals surface area (Å²) in [7, 11) is 1.31. The molecule has 184 valence electrons. The maximum atomic E-state index is 13.1. The van der Waals surface area contributed by atoms with Crippen LogP contribution < -0.4 is 20.5 Å². The highest BCUT2D eigenvalue weighted by atomic mass is 16.5. The topological polar surface area (TPSA) is 99.9 Å². The van der Waals surface area contributed by atoms with E-state index in [1.165, 1.54) is 7.11 Å². The first-order valence-electron chi connectivity index (χ1n) is 11.5. The monoisotopic (exact) mass is 484 g/mol. The molecule has 0 aliphatic rings. The fourth-order valence-electron chi connectivity index (χ4n) is 3.71. The molecule has 0 heterocycles. The van der Waals surface area contributed by atoms with Crippen LogP contribution in [0.5, 0.6) is 11.5 Å². The quantitative estimate of drug-likeness (QED) is 0.241. The number of hydrogen-bond acceptors (Lipinski definition) is 6. The molecule has 0 saturated carbocycles. The van der Waals surface area contributed by atoms with E-state index in [9.17, 15) is 9.59 Å². The fourth-order valence-corrected chi connectivity index (χ4v) is 3.71. The van der Waals surface area contributed by atoms with Crippen LogP contribution >= 0.6 is 0 Å². The van der Waals surface area contributed by atoms with Crippen molar-refractivity contribution in [2.75, 3.05) is 18.2 Å². The number of nitrogens with two attached hydrogens (primary N) is 1. The van der Waals surface area contributed by atoms with Gasteiger partial charge in [0.05, 0.1) is 30.2 Å². The van der Waals surface area contributed by atoms with Gasteiger partial charge in [-0.25, -0.2) is 4.79 Å². The number of hydrogen-bond donors (Lipinski definition) is 2. The van der Waals surface area contributed by atoms with Crippen molar-refractivity contribution >= 4 is 34.0 Å². The van der Waals surface area contributed by atoms with Crippen molar-refractivity contribution < 1.29 is 23.8 Å². The number of carbonyl (C=O) groups is 2. The molecule has 7 nitrogen and oxygen atoms in total. The van der Waals surface area contributed by atoms with Gasteiger partial charge in [0.2, 0.25) is 0 Å². The summed E-state index contributed by atoms with van der Waals surface area (Å²) in [5.74, 6) is -0.0850. The molecule has 0 bridgehead atoms. The molecule has 0 saturated heterocycles. The first-order chi connectivity index (χ1) is 17.3. The van der Waals surface area contributed by atoms with Crippen LogP contribution in [0.1, 0.15) is 40.1 Å². The molecule has 4 aromatic carbocycles. The maximum absolute atomic E-state index is 13.1. The Labute approximate surface area is 209 Å². The van der Waals surface area contributed by atoms with Crippen LogP contribution in [0.15, 0.2) is 78.9 Å². The predicted octanol–water partition coefficient (Wildman–Crippen LogP) is 5.83. The van der Waals surface area contributed by atoms with Crippen molar-refractivity contribution in [1.29, 1.82) is 0 Å². The van der Waals surface area contributed by atoms with Gasteiger partial charge in [0, 0.05) is 5.56 Å². The lowest BCUT2D eigenvalue weighted by molar-refractivity contribution is 0.0600. The molecule has 0 atom stereocenters. The summed E-state index contributed by atoms with van der Waals surface area (Å²) in [6, 6.07) is 23.8. The standard InChI is InChI=1S/C29H28N2O5/c1-18(2)36-27-16-23(29(33)34-3)11-13-25(27)31-28(32)22-10-12-24(30)26(15-22)35-17-19-8-9-20-6-4-5-7-21(20)14-19/h4-16,18H,17,30H2,1-3H3,(H,31,32). The van der Waals surface area contributed by atoms with Crippen LogP contribution in [-0.2, 0) is 11.3 Å². The molecule has 4 aromatic rings. The van der Waals surface area contributed by atoms with Crippen molar-refractivity contribution in [2.24, 2.45) is 0 Å². The third-order valence-electron chi connectivity index (χ3n) is 5.50. The second-order valence-corrected chi connectivity index (χ2v) is 8.55. The lowest BCUT2D eigenvalue weighted by Crippen LogP contribution is -2.15. The lowest BCUT2D eigenvalue weighted by Gasteiger charge is -2.16. The Balaban J connectivity index is 1.51. The fraction of sp³-hybridized carbons (Fsp3) is 0.172. The summed E-state index contributed by atoms with van der Waals surface area (Å²) in [6.45, 7) is 4.02. The third-order valence-corrected chi connectivity index (χ3v) is 5.50. The Bertz CT molecular complexity index is 1410. The molecule has 0 aliphatic carbocycles. The van der Waals surface area contributed by atoms with Gasteiger partial charge in [-0.15, -0.1) is 0 Å². The molecule has 36 heavy (non-hydrogen) atoms. The Morgan fingerprint density at radius 1 is 0.861 bits per heavy atom. The van der Waals surface area contributed by atoms with Gasteiger partial charge in [-0.1, -0.05) is 36.4 Å². The van der Waals surface area contributed by atoms with Crippen molar-refractivity contribution in [2.45, 2.75) is 26.6 Å². The van der Waals surface area contributed by atoms with Gasteiger partial charge >= 0.3 is 5.97 Å². The minimum Gasteiger partial charge on any atom is -0.489 e. The summed E-state index contributed by atoms with van der Waals surface area (Å²) in [6.07, 6.45) is -0.166. The summed E-state index contributed by atoms with van der Waals surface area (Å²) < 4.78 is 16.6. The number of carbonyl (C=O) groups excluding carboxylic acids is 2. The summed E-state index contributed by atoms with van der Waals surface area (Å²) >= 11 is 0. The molecule has 0 spiro atoms. The largest absolute Gasteiger partial charge is 0.489 e. The number of ether oxygens (including phenoxy) is 3. The molecular weight excluding hydrogens is 456 g/mol. The Kier molecular flexibility index (Phi) is 7.39. The van der Waals surface area contributed by atoms with E-state index in [1.807, 2.05) is 44.2 Å². The van der Waals surface area contributed by atoms with Crippen molar-refractivity contribution in [3.8, 4) is 11.5 Å². The molecule has 1 amide bonds. The zero-order valence-corrected chi connectivity index (χ0v) is 20.4. The number of rotatable bonds is 8. The highest BCUT2D eigenvalue weighted by Crippen LogP contribution is 2.29. The minimum atomic E-state index is -0.492. The minimum absolute atomic E-state index is 0.166. The van der Waals surface area contributed by atoms with E-state index in [2.05, 4.69) is 17.4 Å². The summed E-state index contributed by atoms with van der Waals surface area (Å²) in [4.78, 5) is 25.0. The van der Waals surface area contributed by atoms with Crippen LogP contribution in [0.3, 0.4) is 0 Å². The molecule has 0 aromatic heterocycles. The normalized spacial score (nSPS) is 10.8. The first-order valence-corrected chi connectivity index (χ1v) is 11.5. The number of nitrogen functional groups attached to an aromatic ring is 1. The van der Waals surface area contributed by atoms with Crippen LogP contribution in [0.4, 0.5) is 11.4 Å². The van der Waals surface area contributed by atoms with E-state index in [1.54, 1.807) is 36.4 Å². The number of fused-ring (bicyclic) bond motifs is 1. The molecule has 0 radical (unpaired) electrons. The number of esters is 1. The average Bonchev–Trinajstić information content (AvgIpc) is 2.88. The number of anilines is 2. The lowest BCUT2D eigenvalue weighted by atomic mass is 10.1. The van der Waals surface area contributed by atoms with Gasteiger partial charge in [-0.2, -0.15) is 0 Å². The van der Waals surface area contributed by atoms with Crippen LogP contribution in [0, 0.1) is 0 Å². The number of benzene rings is 4. The van der Waals surface area contributed by atoms with Crippen LogP contribution in [-0.4, -0.2) is 25.1 Å². The zero-order chi connectivity index (χ0) is 25.7. The molecular formula is C29H28N2O5. The number of amides is 1. The Morgan fingerprint density at radius 3 is 2.33 bits per heavy atom. The van der Waals surface area contributed by atoms with Gasteiger partial charge in [0.25, 0.3) is 5.91 Å². The molecule has 0 fully saturated rings. The zero-order valence-electron chi connectivity index (χ0n) is 20.4. The van der Waals surface area contributed by atoms with Gasteiger partial charge in [-0.3, -0.25) is 4.79 Å². The molecule has 0 unspecified atom stereocenters. The number of nitrogens with one attached hydrogen (secondary N) is 1. The molecule has 4 rings (SSSR count). The van der Waals surface area contributed by atoms with Crippen LogP contribution in [0.2, 0.25) is 0 Å². The molecule has 0 aliphatic heterocycles. The van der Waals surface area contributed by atoms with E-state index in [0.29, 0.717) is 40.6 Å². The van der Waals surface area contributed by atoms with Gasteiger partial charge < -0.3 is 25.3 Å². The average molecular weight is 485 g/mol. The Morgan fingerprint density at radius 2 is 1.58 bits per heavy atom. The summed E-state index contributed by atoms with van der Waals surface area (Å²) in [5.41, 5.74) is 8.65. The highest BCUT2D eigenvalue weighted by Gasteiger charge is 2.16. The SMILES string of the molecule is COC(=O)c1ccc(NC(=O)c2ccc(N)c(OCc3ccc4ccccc4c3)c2)c(OC(C)C)c1. The van der Waals surface area contributed by atoms with E-state index >= 15 is 0 Å². The molecule has 3 N–H and O–H groups in total. The number of methoxy groups -OCH3 is 1. The predicted molar refractivity (Wildman–Crippen MR) is 141 cm³/mol. The van der Waals surface area contributed by atoms with Crippen molar-refractivity contribution in [3.63, 3.8) is 0 Å². The second-order valence-electron chi connectivity index (χ2n) is 8.55. The molecule has 7 heteroatoms.